The van der Waals surface area contributed by atoms with E-state index in [1.807, 2.05) is 6.07 Å². The summed E-state index contributed by atoms with van der Waals surface area (Å²) in [6.45, 7) is -2.10. The molecule has 2 N–H and O–H groups in total. The van der Waals surface area contributed by atoms with Gasteiger partial charge in [-0.2, -0.15) is 8.78 Å². The van der Waals surface area contributed by atoms with E-state index in [1.165, 1.54) is 6.07 Å². The van der Waals surface area contributed by atoms with Crippen molar-refractivity contribution in [2.45, 2.75) is 25.9 Å². The molecule has 0 heterocycles. The number of alkyl halides is 2. The molecule has 84 valence electrons. The third-order valence-corrected chi connectivity index (χ3v) is 2.04. The normalized spacial score (nSPS) is 10.7. The van der Waals surface area contributed by atoms with Crippen molar-refractivity contribution in [2.75, 3.05) is 6.54 Å². The molecule has 0 fully saturated rings. The molecular formula is C11H15F2NO. The lowest BCUT2D eigenvalue weighted by Crippen LogP contribution is -2.02. The van der Waals surface area contributed by atoms with Crippen molar-refractivity contribution in [3.05, 3.63) is 29.8 Å². The molecule has 1 aromatic carbocycles. The standard InChI is InChI=1S/C11H15F2NO/c12-11(13)15-10-6-3-5-9(8-10)4-1-2-7-14/h3,5-6,8,11H,1-2,4,7,14H2. The number of nitrogens with two attached hydrogens (primary N) is 1. The fourth-order valence-electron chi connectivity index (χ4n) is 1.35. The lowest BCUT2D eigenvalue weighted by Gasteiger charge is -2.06. The summed E-state index contributed by atoms with van der Waals surface area (Å²) >= 11 is 0. The molecule has 15 heavy (non-hydrogen) atoms. The SMILES string of the molecule is NCCCCc1cccc(OC(F)F)c1. The minimum Gasteiger partial charge on any atom is -0.435 e. The quantitative estimate of drug-likeness (QED) is 0.740. The van der Waals surface area contributed by atoms with Gasteiger partial charge in [-0.15, -0.1) is 0 Å². The molecule has 0 amide bonds. The number of halogens is 2. The van der Waals surface area contributed by atoms with Gasteiger partial charge in [0.1, 0.15) is 5.75 Å². The predicted molar refractivity (Wildman–Crippen MR) is 55.1 cm³/mol. The fourth-order valence-corrected chi connectivity index (χ4v) is 1.35. The summed E-state index contributed by atoms with van der Waals surface area (Å²) in [6.07, 6.45) is 2.76. The summed E-state index contributed by atoms with van der Waals surface area (Å²) in [6, 6.07) is 6.78. The van der Waals surface area contributed by atoms with Gasteiger partial charge in [0.25, 0.3) is 0 Å². The van der Waals surface area contributed by atoms with E-state index in [4.69, 9.17) is 5.73 Å². The Morgan fingerprint density at radius 3 is 2.73 bits per heavy atom. The molecule has 0 atom stereocenters. The maximum absolute atomic E-state index is 11.9. The van der Waals surface area contributed by atoms with Crippen LogP contribution in [0.25, 0.3) is 0 Å². The topological polar surface area (TPSA) is 35.2 Å². The molecule has 4 heteroatoms. The van der Waals surface area contributed by atoms with Gasteiger partial charge in [0, 0.05) is 0 Å². The van der Waals surface area contributed by atoms with E-state index in [1.54, 1.807) is 12.1 Å². The zero-order valence-corrected chi connectivity index (χ0v) is 8.46. The summed E-state index contributed by atoms with van der Waals surface area (Å²) in [5.74, 6) is 0.218. The minimum atomic E-state index is -2.76. The van der Waals surface area contributed by atoms with Crippen molar-refractivity contribution < 1.29 is 13.5 Å². The number of ether oxygens (including phenoxy) is 1. The van der Waals surface area contributed by atoms with Crippen molar-refractivity contribution in [3.8, 4) is 5.75 Å². The number of rotatable bonds is 6. The first-order valence-corrected chi connectivity index (χ1v) is 4.96. The Bertz CT molecular complexity index is 292. The lowest BCUT2D eigenvalue weighted by molar-refractivity contribution is -0.0498. The third kappa shape index (κ3) is 4.74. The first kappa shape index (κ1) is 11.9. The van der Waals surface area contributed by atoms with Crippen LogP contribution in [0.4, 0.5) is 8.78 Å². The van der Waals surface area contributed by atoms with Crippen LogP contribution in [0.1, 0.15) is 18.4 Å². The van der Waals surface area contributed by atoms with Gasteiger partial charge in [0.2, 0.25) is 0 Å². The predicted octanol–water partition coefficient (Wildman–Crippen LogP) is 2.57. The number of benzene rings is 1. The Kier molecular flexibility index (Phi) is 5.04. The van der Waals surface area contributed by atoms with Gasteiger partial charge in [-0.25, -0.2) is 0 Å². The van der Waals surface area contributed by atoms with Gasteiger partial charge >= 0.3 is 6.61 Å². The van der Waals surface area contributed by atoms with Crippen LogP contribution >= 0.6 is 0 Å². The molecule has 0 bridgehead atoms. The van der Waals surface area contributed by atoms with Crippen LogP contribution in [0, 0.1) is 0 Å². The molecule has 0 spiro atoms. The number of aryl methyl sites for hydroxylation is 1. The maximum Gasteiger partial charge on any atom is 0.387 e. The monoisotopic (exact) mass is 215 g/mol. The lowest BCUT2D eigenvalue weighted by atomic mass is 10.1. The van der Waals surface area contributed by atoms with Gasteiger partial charge < -0.3 is 10.5 Å². The van der Waals surface area contributed by atoms with Gasteiger partial charge in [-0.05, 0) is 43.5 Å². The average molecular weight is 215 g/mol. The Hall–Kier alpha value is -1.16. The van der Waals surface area contributed by atoms with Crippen LogP contribution < -0.4 is 10.5 Å². The van der Waals surface area contributed by atoms with Crippen molar-refractivity contribution in [3.63, 3.8) is 0 Å². The number of unbranched alkanes of at least 4 members (excludes halogenated alkanes) is 1. The summed E-state index contributed by atoms with van der Waals surface area (Å²) < 4.78 is 28.1. The molecule has 0 saturated heterocycles. The molecule has 0 saturated carbocycles. The summed E-state index contributed by atoms with van der Waals surface area (Å²) in [5.41, 5.74) is 6.37. The van der Waals surface area contributed by atoms with Crippen LogP contribution in [0.5, 0.6) is 5.75 Å². The molecule has 0 aliphatic rings. The third-order valence-electron chi connectivity index (χ3n) is 2.04. The largest absolute Gasteiger partial charge is 0.435 e. The van der Waals surface area contributed by atoms with E-state index in [0.29, 0.717) is 6.54 Å². The van der Waals surface area contributed by atoms with E-state index in [9.17, 15) is 8.78 Å². The molecule has 0 aromatic heterocycles. The Labute approximate surface area is 88.0 Å². The first-order valence-electron chi connectivity index (χ1n) is 4.96. The Balaban J connectivity index is 2.50. The fraction of sp³-hybridized carbons (Fsp3) is 0.455. The summed E-state index contributed by atoms with van der Waals surface area (Å²) in [5, 5.41) is 0. The molecule has 0 radical (unpaired) electrons. The highest BCUT2D eigenvalue weighted by molar-refractivity contribution is 5.28. The van der Waals surface area contributed by atoms with Gasteiger partial charge in [-0.3, -0.25) is 0 Å². The Morgan fingerprint density at radius 1 is 1.27 bits per heavy atom. The van der Waals surface area contributed by atoms with Gasteiger partial charge in [0.05, 0.1) is 0 Å². The second kappa shape index (κ2) is 6.35. The van der Waals surface area contributed by atoms with Crippen molar-refractivity contribution in [2.24, 2.45) is 5.73 Å². The Morgan fingerprint density at radius 2 is 2.07 bits per heavy atom. The van der Waals surface area contributed by atoms with Crippen LogP contribution in [-0.4, -0.2) is 13.2 Å². The zero-order chi connectivity index (χ0) is 11.1. The van der Waals surface area contributed by atoms with Gasteiger partial charge in [-0.1, -0.05) is 12.1 Å². The van der Waals surface area contributed by atoms with Crippen molar-refractivity contribution in [1.29, 1.82) is 0 Å². The van der Waals surface area contributed by atoms with E-state index in [-0.39, 0.29) is 5.75 Å². The van der Waals surface area contributed by atoms with E-state index in [0.717, 1.165) is 24.8 Å². The van der Waals surface area contributed by atoms with E-state index in [2.05, 4.69) is 4.74 Å². The summed E-state index contributed by atoms with van der Waals surface area (Å²) in [4.78, 5) is 0. The molecule has 1 aromatic rings. The van der Waals surface area contributed by atoms with E-state index < -0.39 is 6.61 Å². The second-order valence-corrected chi connectivity index (χ2v) is 3.27. The molecule has 0 aliphatic carbocycles. The highest BCUT2D eigenvalue weighted by Crippen LogP contribution is 2.17. The second-order valence-electron chi connectivity index (χ2n) is 3.27. The zero-order valence-electron chi connectivity index (χ0n) is 8.46. The van der Waals surface area contributed by atoms with Crippen LogP contribution in [0.3, 0.4) is 0 Å². The maximum atomic E-state index is 11.9. The van der Waals surface area contributed by atoms with Crippen LogP contribution in [-0.2, 0) is 6.42 Å². The number of hydrogen-bond acceptors (Lipinski definition) is 2. The number of hydrogen-bond donors (Lipinski definition) is 1. The molecular weight excluding hydrogens is 200 g/mol. The van der Waals surface area contributed by atoms with Crippen molar-refractivity contribution in [1.82, 2.24) is 0 Å². The smallest absolute Gasteiger partial charge is 0.387 e. The average Bonchev–Trinajstić information content (AvgIpc) is 2.18. The molecule has 1 rings (SSSR count). The van der Waals surface area contributed by atoms with Crippen molar-refractivity contribution >= 4 is 0 Å². The first-order chi connectivity index (χ1) is 7.22. The highest BCUT2D eigenvalue weighted by Gasteiger charge is 2.04. The highest BCUT2D eigenvalue weighted by atomic mass is 19.3. The van der Waals surface area contributed by atoms with Crippen LogP contribution in [0.2, 0.25) is 0 Å². The van der Waals surface area contributed by atoms with E-state index >= 15 is 0 Å². The molecule has 2 nitrogen and oxygen atoms in total. The minimum absolute atomic E-state index is 0.218. The van der Waals surface area contributed by atoms with Crippen LogP contribution in [0.15, 0.2) is 24.3 Å². The van der Waals surface area contributed by atoms with Gasteiger partial charge in [0.15, 0.2) is 0 Å². The molecule has 0 unspecified atom stereocenters. The summed E-state index contributed by atoms with van der Waals surface area (Å²) in [7, 11) is 0. The molecule has 0 aliphatic heterocycles.